The number of nitrogen functional groups attached to an aromatic ring is 1. The van der Waals surface area contributed by atoms with Gasteiger partial charge in [0.25, 0.3) is 11.5 Å². The van der Waals surface area contributed by atoms with Crippen LogP contribution in [0.3, 0.4) is 0 Å². The van der Waals surface area contributed by atoms with E-state index in [1.54, 1.807) is 49.3 Å². The quantitative estimate of drug-likeness (QED) is 0.188. The van der Waals surface area contributed by atoms with Gasteiger partial charge in [-0.1, -0.05) is 25.6 Å². The topological polar surface area (TPSA) is 114 Å². The Kier molecular flexibility index (Phi) is 8.16. The largest absolute Gasteiger partial charge is 0.399 e. The molecule has 8 nitrogen and oxygen atoms in total. The highest BCUT2D eigenvalue weighted by Gasteiger charge is 2.25. The number of hydrogen-bond donors (Lipinski definition) is 4. The molecule has 0 aliphatic carbocycles. The molecule has 1 unspecified atom stereocenters. The number of carbonyl (C=O) groups excluding carboxylic acids is 1. The van der Waals surface area contributed by atoms with Crippen molar-refractivity contribution in [3.05, 3.63) is 106 Å². The van der Waals surface area contributed by atoms with Crippen LogP contribution in [-0.2, 0) is 13.5 Å². The second-order valence-corrected chi connectivity index (χ2v) is 11.4. The SMILES string of the molecule is C=C(Nc1cccc(-c2cn(C)c(=O)c(Nc3ccc(C(=O)NCCC)cc3)n2)c1C)C1Cc2cc(N)ccc2S1. The maximum Gasteiger partial charge on any atom is 0.293 e. The number of rotatable bonds is 9. The van der Waals surface area contributed by atoms with Crippen molar-refractivity contribution in [2.24, 2.45) is 7.05 Å². The van der Waals surface area contributed by atoms with Crippen LogP contribution in [0, 0.1) is 6.92 Å². The summed E-state index contributed by atoms with van der Waals surface area (Å²) in [5, 5.41) is 9.72. The monoisotopic (exact) mass is 566 g/mol. The van der Waals surface area contributed by atoms with Crippen LogP contribution < -0.4 is 27.2 Å². The Bertz CT molecular complexity index is 1680. The van der Waals surface area contributed by atoms with Gasteiger partial charge in [-0.2, -0.15) is 0 Å². The molecular weight excluding hydrogens is 532 g/mol. The molecule has 4 aromatic rings. The average molecular weight is 567 g/mol. The molecule has 0 saturated heterocycles. The van der Waals surface area contributed by atoms with Crippen molar-refractivity contribution in [3.8, 4) is 11.3 Å². The number of nitrogens with one attached hydrogen (secondary N) is 3. The van der Waals surface area contributed by atoms with Crippen LogP contribution >= 0.6 is 11.8 Å². The minimum atomic E-state index is -0.253. The van der Waals surface area contributed by atoms with Gasteiger partial charge in [0.05, 0.1) is 10.9 Å². The molecule has 0 spiro atoms. The van der Waals surface area contributed by atoms with Crippen LogP contribution in [0.1, 0.15) is 34.8 Å². The summed E-state index contributed by atoms with van der Waals surface area (Å²) in [5.74, 6) is 0.0802. The van der Waals surface area contributed by atoms with Crippen molar-refractivity contribution < 1.29 is 4.79 Å². The van der Waals surface area contributed by atoms with Gasteiger partial charge in [0, 0.05) is 58.6 Å². The van der Waals surface area contributed by atoms with Crippen molar-refractivity contribution in [1.29, 1.82) is 0 Å². The van der Waals surface area contributed by atoms with Crippen LogP contribution in [-0.4, -0.2) is 27.3 Å². The normalized spacial score (nSPS) is 13.9. The maximum atomic E-state index is 12.9. The van der Waals surface area contributed by atoms with E-state index >= 15 is 0 Å². The lowest BCUT2D eigenvalue weighted by Gasteiger charge is -2.19. The molecule has 1 aliphatic heterocycles. The standard InChI is InChI=1S/C32H34N6O2S/c1-5-15-34-31(39)21-9-12-24(13-10-21)36-30-32(40)38(4)18-27(37-30)25-7-6-8-26(19(25)2)35-20(3)29-17-22-16-23(33)11-14-28(22)41-29/h6-14,16,18,29,35H,3,5,15,17,33H2,1-2,4H3,(H,34,39)(H,36,37). The van der Waals surface area contributed by atoms with Crippen LogP contribution in [0.5, 0.6) is 0 Å². The zero-order valence-corrected chi connectivity index (χ0v) is 24.3. The Balaban J connectivity index is 1.35. The molecule has 1 aliphatic rings. The van der Waals surface area contributed by atoms with Gasteiger partial charge in [0.2, 0.25) is 0 Å². The molecule has 41 heavy (non-hydrogen) atoms. The van der Waals surface area contributed by atoms with Gasteiger partial charge >= 0.3 is 0 Å². The van der Waals surface area contributed by atoms with Gasteiger partial charge in [-0.15, -0.1) is 11.8 Å². The first kappa shape index (κ1) is 28.0. The van der Waals surface area contributed by atoms with E-state index in [0.717, 1.165) is 41.0 Å². The van der Waals surface area contributed by atoms with E-state index in [4.69, 9.17) is 10.7 Å². The molecule has 5 rings (SSSR count). The van der Waals surface area contributed by atoms with E-state index in [1.807, 2.05) is 44.2 Å². The Morgan fingerprint density at radius 3 is 2.71 bits per heavy atom. The highest BCUT2D eigenvalue weighted by atomic mass is 32.2. The predicted octanol–water partition coefficient (Wildman–Crippen LogP) is 5.86. The molecule has 3 aromatic carbocycles. The average Bonchev–Trinajstić information content (AvgIpc) is 3.39. The van der Waals surface area contributed by atoms with Gasteiger partial charge in [0.1, 0.15) is 0 Å². The van der Waals surface area contributed by atoms with Crippen molar-refractivity contribution >= 4 is 40.5 Å². The molecule has 0 fully saturated rings. The molecule has 0 bridgehead atoms. The van der Waals surface area contributed by atoms with Crippen molar-refractivity contribution in [2.45, 2.75) is 36.8 Å². The van der Waals surface area contributed by atoms with Crippen LogP contribution in [0.25, 0.3) is 11.3 Å². The molecule has 1 atom stereocenters. The molecule has 1 amide bonds. The minimum absolute atomic E-state index is 0.123. The molecule has 1 aromatic heterocycles. The minimum Gasteiger partial charge on any atom is -0.399 e. The summed E-state index contributed by atoms with van der Waals surface area (Å²) in [6, 6.07) is 19.0. The number of fused-ring (bicyclic) bond motifs is 1. The lowest BCUT2D eigenvalue weighted by Crippen LogP contribution is -2.24. The smallest absolute Gasteiger partial charge is 0.293 e. The van der Waals surface area contributed by atoms with Crippen LogP contribution in [0.4, 0.5) is 22.9 Å². The zero-order chi connectivity index (χ0) is 29.1. The lowest BCUT2D eigenvalue weighted by atomic mass is 10.0. The zero-order valence-electron chi connectivity index (χ0n) is 23.5. The number of anilines is 4. The Hall–Kier alpha value is -4.50. The summed E-state index contributed by atoms with van der Waals surface area (Å²) in [5.41, 5.74) is 13.4. The summed E-state index contributed by atoms with van der Waals surface area (Å²) in [6.07, 6.45) is 3.48. The summed E-state index contributed by atoms with van der Waals surface area (Å²) in [4.78, 5) is 31.1. The molecular formula is C32H34N6O2S. The molecule has 210 valence electrons. The fourth-order valence-electron chi connectivity index (χ4n) is 4.76. The third-order valence-electron chi connectivity index (χ3n) is 7.07. The molecule has 2 heterocycles. The first-order valence-electron chi connectivity index (χ1n) is 13.6. The highest BCUT2D eigenvalue weighted by Crippen LogP contribution is 2.41. The Morgan fingerprint density at radius 1 is 1.17 bits per heavy atom. The second kappa shape index (κ2) is 11.9. The first-order valence-corrected chi connectivity index (χ1v) is 14.4. The number of nitrogens with zero attached hydrogens (tertiary/aromatic N) is 2. The van der Waals surface area contributed by atoms with Gasteiger partial charge < -0.3 is 26.3 Å². The van der Waals surface area contributed by atoms with Crippen LogP contribution in [0.15, 0.2) is 88.8 Å². The van der Waals surface area contributed by atoms with Crippen molar-refractivity contribution in [1.82, 2.24) is 14.9 Å². The van der Waals surface area contributed by atoms with E-state index in [9.17, 15) is 9.59 Å². The fourth-order valence-corrected chi connectivity index (χ4v) is 5.98. The summed E-state index contributed by atoms with van der Waals surface area (Å²) in [6.45, 7) is 9.00. The number of thioether (sulfide) groups is 1. The maximum absolute atomic E-state index is 12.9. The molecule has 9 heteroatoms. The predicted molar refractivity (Wildman–Crippen MR) is 169 cm³/mol. The fraction of sp³-hybridized carbons (Fsp3) is 0.219. The number of aryl methyl sites for hydroxylation is 1. The number of benzene rings is 3. The first-order chi connectivity index (χ1) is 19.7. The number of nitrogens with two attached hydrogens (primary N) is 1. The van der Waals surface area contributed by atoms with Crippen molar-refractivity contribution in [2.75, 3.05) is 22.9 Å². The van der Waals surface area contributed by atoms with Gasteiger partial charge in [-0.3, -0.25) is 9.59 Å². The van der Waals surface area contributed by atoms with Gasteiger partial charge in [0.15, 0.2) is 5.82 Å². The number of amides is 1. The summed E-state index contributed by atoms with van der Waals surface area (Å²) in [7, 11) is 1.71. The molecule has 5 N–H and O–H groups in total. The second-order valence-electron chi connectivity index (χ2n) is 10.2. The highest BCUT2D eigenvalue weighted by molar-refractivity contribution is 8.00. The van der Waals surface area contributed by atoms with Crippen LogP contribution in [0.2, 0.25) is 0 Å². The Labute approximate surface area is 244 Å². The third-order valence-corrected chi connectivity index (χ3v) is 8.46. The number of carbonyl (C=O) groups is 1. The van der Waals surface area contributed by atoms with E-state index < -0.39 is 0 Å². The van der Waals surface area contributed by atoms with Gasteiger partial charge in [-0.25, -0.2) is 4.98 Å². The number of aromatic nitrogens is 2. The third kappa shape index (κ3) is 6.15. The van der Waals surface area contributed by atoms with E-state index in [0.29, 0.717) is 23.5 Å². The number of hydrogen-bond acceptors (Lipinski definition) is 7. The van der Waals surface area contributed by atoms with E-state index in [1.165, 1.54) is 15.0 Å². The molecule has 0 radical (unpaired) electrons. The Morgan fingerprint density at radius 2 is 1.95 bits per heavy atom. The van der Waals surface area contributed by atoms with E-state index in [-0.39, 0.29) is 22.5 Å². The van der Waals surface area contributed by atoms with Gasteiger partial charge in [-0.05, 0) is 79.4 Å². The summed E-state index contributed by atoms with van der Waals surface area (Å²) >= 11 is 1.79. The molecule has 0 saturated carbocycles. The summed E-state index contributed by atoms with van der Waals surface area (Å²) < 4.78 is 1.52. The van der Waals surface area contributed by atoms with Crippen molar-refractivity contribution in [3.63, 3.8) is 0 Å². The van der Waals surface area contributed by atoms with E-state index in [2.05, 4.69) is 28.6 Å². The lowest BCUT2D eigenvalue weighted by molar-refractivity contribution is 0.0953.